The fraction of sp³-hybridized carbons (Fsp3) is 0.588. The molecule has 0 radical (unpaired) electrons. The number of thioether (sulfide) groups is 1. The minimum atomic E-state index is -0.107. The summed E-state index contributed by atoms with van der Waals surface area (Å²) in [6, 6.07) is 8.65. The molecule has 3 atom stereocenters. The predicted molar refractivity (Wildman–Crippen MR) is 89.3 cm³/mol. The topological polar surface area (TPSA) is 32.3 Å². The number of benzene rings is 1. The highest BCUT2D eigenvalue weighted by molar-refractivity contribution is 7.98. The molecule has 0 saturated carbocycles. The van der Waals surface area contributed by atoms with Crippen LogP contribution in [0.2, 0.25) is 0 Å². The molecule has 1 aromatic rings. The van der Waals surface area contributed by atoms with Gasteiger partial charge in [0.25, 0.3) is 0 Å². The van der Waals surface area contributed by atoms with Gasteiger partial charge in [-0.25, -0.2) is 0 Å². The van der Waals surface area contributed by atoms with Gasteiger partial charge in [-0.15, -0.1) is 11.8 Å². The number of hydrogen-bond acceptors (Lipinski definition) is 3. The van der Waals surface area contributed by atoms with Crippen LogP contribution in [0.4, 0.5) is 0 Å². The van der Waals surface area contributed by atoms with Crippen LogP contribution in [0.5, 0.6) is 0 Å². The zero-order chi connectivity index (χ0) is 15.6. The SMILES string of the molecule is CSc1ccc(C2NC(C)C(=O)N2C(C)CC(C)C)cc1. The Hall–Kier alpha value is -1.00. The maximum absolute atomic E-state index is 12.5. The van der Waals surface area contributed by atoms with Crippen molar-refractivity contribution in [3.05, 3.63) is 29.8 Å². The Morgan fingerprint density at radius 3 is 2.38 bits per heavy atom. The summed E-state index contributed by atoms with van der Waals surface area (Å²) in [6.07, 6.45) is 3.10. The monoisotopic (exact) mass is 306 g/mol. The summed E-state index contributed by atoms with van der Waals surface area (Å²) < 4.78 is 0. The van der Waals surface area contributed by atoms with E-state index in [1.807, 2.05) is 11.8 Å². The highest BCUT2D eigenvalue weighted by atomic mass is 32.2. The highest BCUT2D eigenvalue weighted by Crippen LogP contribution is 2.30. The Morgan fingerprint density at radius 1 is 1.24 bits per heavy atom. The van der Waals surface area contributed by atoms with Crippen molar-refractivity contribution in [3.63, 3.8) is 0 Å². The summed E-state index contributed by atoms with van der Waals surface area (Å²) in [5.74, 6) is 0.797. The van der Waals surface area contributed by atoms with E-state index in [0.717, 1.165) is 6.42 Å². The van der Waals surface area contributed by atoms with Crippen LogP contribution in [0.1, 0.15) is 45.8 Å². The van der Waals surface area contributed by atoms with E-state index in [0.29, 0.717) is 5.92 Å². The van der Waals surface area contributed by atoms with E-state index in [9.17, 15) is 4.79 Å². The number of nitrogens with zero attached hydrogens (tertiary/aromatic N) is 1. The molecule has 0 spiro atoms. The Morgan fingerprint density at radius 2 is 1.86 bits per heavy atom. The molecule has 1 N–H and O–H groups in total. The summed E-state index contributed by atoms with van der Waals surface area (Å²) in [7, 11) is 0. The molecule has 116 valence electrons. The van der Waals surface area contributed by atoms with Gasteiger partial charge in [0.2, 0.25) is 5.91 Å². The highest BCUT2D eigenvalue weighted by Gasteiger charge is 2.39. The molecule has 0 aliphatic carbocycles. The first-order valence-corrected chi connectivity index (χ1v) is 8.88. The number of nitrogens with one attached hydrogen (secondary N) is 1. The van der Waals surface area contributed by atoms with Gasteiger partial charge in [-0.05, 0) is 50.1 Å². The van der Waals surface area contributed by atoms with E-state index in [-0.39, 0.29) is 24.2 Å². The fourth-order valence-electron chi connectivity index (χ4n) is 3.05. The van der Waals surface area contributed by atoms with Crippen LogP contribution >= 0.6 is 11.8 Å². The summed E-state index contributed by atoms with van der Waals surface area (Å²) >= 11 is 1.74. The molecule has 2 rings (SSSR count). The summed E-state index contributed by atoms with van der Waals surface area (Å²) in [4.78, 5) is 15.8. The van der Waals surface area contributed by atoms with Crippen molar-refractivity contribution < 1.29 is 4.79 Å². The van der Waals surface area contributed by atoms with Crippen LogP contribution in [-0.2, 0) is 4.79 Å². The average molecular weight is 306 g/mol. The first kappa shape index (κ1) is 16.4. The normalized spacial score (nSPS) is 23.9. The summed E-state index contributed by atoms with van der Waals surface area (Å²) in [6.45, 7) is 8.51. The van der Waals surface area contributed by atoms with Crippen molar-refractivity contribution >= 4 is 17.7 Å². The molecular weight excluding hydrogens is 280 g/mol. The molecule has 0 bridgehead atoms. The standard InChI is InChI=1S/C17H26N2OS/c1-11(2)10-12(3)19-16(18-13(4)17(19)20)14-6-8-15(21-5)9-7-14/h6-9,11-13,16,18H,10H2,1-5H3. The predicted octanol–water partition coefficient (Wildman–Crippen LogP) is 3.66. The van der Waals surface area contributed by atoms with Crippen LogP contribution in [-0.4, -0.2) is 29.1 Å². The number of carbonyl (C=O) groups is 1. The van der Waals surface area contributed by atoms with E-state index in [2.05, 4.69) is 56.6 Å². The maximum atomic E-state index is 12.5. The van der Waals surface area contributed by atoms with E-state index < -0.39 is 0 Å². The van der Waals surface area contributed by atoms with Crippen LogP contribution in [0, 0.1) is 5.92 Å². The molecule has 1 aliphatic heterocycles. The van der Waals surface area contributed by atoms with Gasteiger partial charge >= 0.3 is 0 Å². The molecule has 0 aromatic heterocycles. The molecule has 21 heavy (non-hydrogen) atoms. The molecule has 1 aromatic carbocycles. The van der Waals surface area contributed by atoms with E-state index >= 15 is 0 Å². The van der Waals surface area contributed by atoms with Crippen molar-refractivity contribution in [3.8, 4) is 0 Å². The summed E-state index contributed by atoms with van der Waals surface area (Å²) in [5.41, 5.74) is 1.17. The quantitative estimate of drug-likeness (QED) is 0.843. The van der Waals surface area contributed by atoms with E-state index in [1.165, 1.54) is 10.5 Å². The number of carbonyl (C=O) groups excluding carboxylic acids is 1. The third-order valence-corrected chi connectivity index (χ3v) is 4.77. The van der Waals surface area contributed by atoms with Crippen LogP contribution in [0.25, 0.3) is 0 Å². The lowest BCUT2D eigenvalue weighted by Crippen LogP contribution is -2.39. The van der Waals surface area contributed by atoms with Crippen molar-refractivity contribution in [2.45, 2.75) is 57.3 Å². The largest absolute Gasteiger partial charge is 0.319 e. The third kappa shape index (κ3) is 3.61. The summed E-state index contributed by atoms with van der Waals surface area (Å²) in [5, 5.41) is 3.43. The second-order valence-electron chi connectivity index (χ2n) is 6.29. The minimum Gasteiger partial charge on any atom is -0.319 e. The van der Waals surface area contributed by atoms with Crippen LogP contribution in [0.15, 0.2) is 29.2 Å². The van der Waals surface area contributed by atoms with Gasteiger partial charge in [0, 0.05) is 10.9 Å². The molecule has 1 heterocycles. The molecule has 4 heteroatoms. The van der Waals surface area contributed by atoms with E-state index in [1.54, 1.807) is 11.8 Å². The third-order valence-electron chi connectivity index (χ3n) is 4.03. The lowest BCUT2D eigenvalue weighted by Gasteiger charge is -2.31. The molecule has 3 nitrogen and oxygen atoms in total. The zero-order valence-corrected chi connectivity index (χ0v) is 14.4. The first-order valence-electron chi connectivity index (χ1n) is 7.66. The number of rotatable bonds is 5. The fourth-order valence-corrected chi connectivity index (χ4v) is 3.46. The Bertz CT molecular complexity index is 486. The zero-order valence-electron chi connectivity index (χ0n) is 13.6. The Kier molecular flexibility index (Phi) is 5.33. The van der Waals surface area contributed by atoms with Gasteiger partial charge in [0.1, 0.15) is 6.17 Å². The molecule has 1 saturated heterocycles. The molecule has 1 amide bonds. The smallest absolute Gasteiger partial charge is 0.241 e. The average Bonchev–Trinajstić information content (AvgIpc) is 2.74. The van der Waals surface area contributed by atoms with Crippen molar-refractivity contribution in [2.75, 3.05) is 6.26 Å². The van der Waals surface area contributed by atoms with Crippen molar-refractivity contribution in [2.24, 2.45) is 5.92 Å². The lowest BCUT2D eigenvalue weighted by atomic mass is 10.0. The van der Waals surface area contributed by atoms with Gasteiger partial charge in [-0.3, -0.25) is 10.1 Å². The molecule has 1 fully saturated rings. The molecular formula is C17H26N2OS. The van der Waals surface area contributed by atoms with Crippen LogP contribution < -0.4 is 5.32 Å². The molecule has 3 unspecified atom stereocenters. The molecule has 1 aliphatic rings. The lowest BCUT2D eigenvalue weighted by molar-refractivity contribution is -0.132. The van der Waals surface area contributed by atoms with Gasteiger partial charge < -0.3 is 4.90 Å². The number of amides is 1. The van der Waals surface area contributed by atoms with Crippen molar-refractivity contribution in [1.29, 1.82) is 0 Å². The Labute approximate surface area is 132 Å². The van der Waals surface area contributed by atoms with Crippen LogP contribution in [0.3, 0.4) is 0 Å². The first-order chi connectivity index (χ1) is 9.93. The maximum Gasteiger partial charge on any atom is 0.241 e. The van der Waals surface area contributed by atoms with Gasteiger partial charge in [0.15, 0.2) is 0 Å². The van der Waals surface area contributed by atoms with Gasteiger partial charge in [-0.1, -0.05) is 26.0 Å². The van der Waals surface area contributed by atoms with Gasteiger partial charge in [0.05, 0.1) is 6.04 Å². The van der Waals surface area contributed by atoms with Gasteiger partial charge in [-0.2, -0.15) is 0 Å². The van der Waals surface area contributed by atoms with E-state index in [4.69, 9.17) is 0 Å². The van der Waals surface area contributed by atoms with Crippen molar-refractivity contribution in [1.82, 2.24) is 10.2 Å². The Balaban J connectivity index is 2.24. The number of hydrogen-bond donors (Lipinski definition) is 1. The second kappa shape index (κ2) is 6.84. The minimum absolute atomic E-state index is 0.00263. The second-order valence-corrected chi connectivity index (χ2v) is 7.17.